The lowest BCUT2D eigenvalue weighted by Crippen LogP contribution is -2.18. The fourth-order valence-corrected chi connectivity index (χ4v) is 0. The fraction of sp³-hybridized carbons (Fsp3) is 0. The third-order valence-corrected chi connectivity index (χ3v) is 0. The van der Waals surface area contributed by atoms with Crippen molar-refractivity contribution in [2.75, 3.05) is 0 Å². The summed E-state index contributed by atoms with van der Waals surface area (Å²) in [5.41, 5.74) is 8.50. The highest BCUT2D eigenvalue weighted by atomic mass is 32.3. The molecule has 0 heterocycles. The van der Waals surface area contributed by atoms with E-state index in [1.54, 1.807) is 0 Å². The first kappa shape index (κ1) is 22.4. The highest BCUT2D eigenvalue weighted by Crippen LogP contribution is 1.57. The summed E-state index contributed by atoms with van der Waals surface area (Å²) < 4.78 is 34.1. The smallest absolute Gasteiger partial charge is 0.309 e. The van der Waals surface area contributed by atoms with Crippen molar-refractivity contribution in [2.45, 2.75) is 0 Å². The Labute approximate surface area is 70.7 Å². The molecule has 7 nitrogen and oxygen atoms in total. The molecule has 72 valence electrons. The number of primary amides is 2. The van der Waals surface area contributed by atoms with Crippen LogP contribution in [0.4, 0.5) is 4.79 Å². The minimum atomic E-state index is -5.17. The summed E-state index contributed by atoms with van der Waals surface area (Å²) >= 11 is 0. The molecule has 2 unspecified atom stereocenters. The van der Waals surface area contributed by atoms with Gasteiger partial charge in [0.1, 0.15) is 0 Å². The summed E-state index contributed by atoms with van der Waals surface area (Å²) in [5, 5.41) is 0. The molecule has 0 spiro atoms. The van der Waals surface area contributed by atoms with Gasteiger partial charge < -0.3 is 20.6 Å². The Morgan fingerprint density at radius 2 is 1.09 bits per heavy atom. The summed E-state index contributed by atoms with van der Waals surface area (Å²) in [6.07, 6.45) is 0. The first-order valence-electron chi connectivity index (χ1n) is 1.45. The SMILES string of the molecule is NC(N)=O.O=S(=O)([O-])[O-].[PH4+].[PH4+]. The van der Waals surface area contributed by atoms with Crippen LogP contribution in [0.2, 0.25) is 0 Å². The molecule has 2 amide bonds. The number of rotatable bonds is 0. The molecule has 0 aromatic carbocycles. The molecule has 0 bridgehead atoms. The molecule has 0 aliphatic carbocycles. The van der Waals surface area contributed by atoms with Gasteiger partial charge in [-0.2, -0.15) is 0 Å². The number of amides is 2. The van der Waals surface area contributed by atoms with Crippen LogP contribution in [-0.4, -0.2) is 23.6 Å². The minimum Gasteiger partial charge on any atom is -0.759 e. The predicted molar refractivity (Wildman–Crippen MR) is 49.2 cm³/mol. The average Bonchev–Trinajstić information content (AvgIpc) is 1.19. The maximum atomic E-state index is 9.00. The van der Waals surface area contributed by atoms with Crippen LogP contribution in [0.1, 0.15) is 0 Å². The van der Waals surface area contributed by atoms with E-state index < -0.39 is 16.4 Å². The van der Waals surface area contributed by atoms with E-state index in [9.17, 15) is 0 Å². The Morgan fingerprint density at radius 1 is 1.09 bits per heavy atom. The lowest BCUT2D eigenvalue weighted by atomic mass is 11.2. The van der Waals surface area contributed by atoms with Gasteiger partial charge in [-0.05, 0) is 19.8 Å². The maximum absolute atomic E-state index is 9.00. The molecule has 11 heavy (non-hydrogen) atoms. The fourth-order valence-electron chi connectivity index (χ4n) is 0. The largest absolute Gasteiger partial charge is 0.759 e. The Bertz CT molecular complexity index is 165. The summed E-state index contributed by atoms with van der Waals surface area (Å²) in [6, 6.07) is -0.833. The summed E-state index contributed by atoms with van der Waals surface area (Å²) in [6.45, 7) is 0. The molecule has 0 aromatic heterocycles. The van der Waals surface area contributed by atoms with Crippen LogP contribution in [0.3, 0.4) is 0 Å². The Morgan fingerprint density at radius 3 is 1.09 bits per heavy atom. The standard InChI is InChI=1S/CH4N2O.H2O4S.2H3P/c2-1(3)4;1-5(2,3)4;;/h(H4,2,3,4);(H2,1,2,3,4);2*1H3. The topological polar surface area (TPSA) is 149 Å². The van der Waals surface area contributed by atoms with Gasteiger partial charge in [-0.25, -0.2) is 4.79 Å². The molecule has 0 aromatic rings. The van der Waals surface area contributed by atoms with Crippen molar-refractivity contribution < 1.29 is 22.3 Å². The van der Waals surface area contributed by atoms with Crippen molar-refractivity contribution >= 4 is 36.2 Å². The molecule has 0 aliphatic rings. The second-order valence-electron chi connectivity index (χ2n) is 0.811. The van der Waals surface area contributed by atoms with Crippen molar-refractivity contribution in [2.24, 2.45) is 11.5 Å². The van der Waals surface area contributed by atoms with Crippen LogP contribution >= 0.6 is 19.8 Å². The summed E-state index contributed by atoms with van der Waals surface area (Å²) in [5.74, 6) is 0. The third-order valence-electron chi connectivity index (χ3n) is 0. The number of urea groups is 1. The molecule has 0 rings (SSSR count). The first-order chi connectivity index (χ1) is 3.73. The average molecular weight is 226 g/mol. The van der Waals surface area contributed by atoms with Crippen molar-refractivity contribution in [1.29, 1.82) is 0 Å². The van der Waals surface area contributed by atoms with Crippen LogP contribution in [0.15, 0.2) is 0 Å². The molecule has 4 N–H and O–H groups in total. The van der Waals surface area contributed by atoms with Gasteiger partial charge in [0.25, 0.3) is 0 Å². The zero-order valence-corrected chi connectivity index (χ0v) is 10.9. The van der Waals surface area contributed by atoms with Gasteiger partial charge >= 0.3 is 6.03 Å². The van der Waals surface area contributed by atoms with Crippen molar-refractivity contribution in [3.63, 3.8) is 0 Å². The van der Waals surface area contributed by atoms with E-state index in [-0.39, 0.29) is 19.8 Å². The van der Waals surface area contributed by atoms with E-state index in [0.717, 1.165) is 0 Å². The first-order valence-corrected chi connectivity index (χ1v) is 2.78. The Kier molecular flexibility index (Phi) is 20.4. The van der Waals surface area contributed by atoms with E-state index in [2.05, 4.69) is 11.5 Å². The van der Waals surface area contributed by atoms with Gasteiger partial charge in [-0.3, -0.25) is 8.42 Å². The lowest BCUT2D eigenvalue weighted by Gasteiger charge is -2.06. The monoisotopic (exact) mass is 226 g/mol. The van der Waals surface area contributed by atoms with Gasteiger partial charge in [0.15, 0.2) is 0 Å². The summed E-state index contributed by atoms with van der Waals surface area (Å²) in [7, 11) is -5.17. The molecule has 2 atom stereocenters. The quantitative estimate of drug-likeness (QED) is 0.261. The molecule has 0 fully saturated rings. The van der Waals surface area contributed by atoms with Crippen LogP contribution < -0.4 is 11.5 Å². The molecular weight excluding hydrogens is 214 g/mol. The van der Waals surface area contributed by atoms with Gasteiger partial charge in [0.2, 0.25) is 0 Å². The number of nitrogens with two attached hydrogens (primary N) is 2. The number of hydrogen-bond donors (Lipinski definition) is 2. The molecule has 0 aliphatic heterocycles. The van der Waals surface area contributed by atoms with E-state index in [1.165, 1.54) is 0 Å². The van der Waals surface area contributed by atoms with Gasteiger partial charge in [0, 0.05) is 10.4 Å². The number of carbonyl (C=O) groups is 1. The Hall–Kier alpha value is -0.000000000000000111. The molecule has 0 saturated heterocycles. The molecular formula is CH12N2O5P2S. The van der Waals surface area contributed by atoms with Crippen LogP contribution in [0, 0.1) is 0 Å². The van der Waals surface area contributed by atoms with E-state index in [1.807, 2.05) is 0 Å². The van der Waals surface area contributed by atoms with Gasteiger partial charge in [-0.1, -0.05) is 0 Å². The van der Waals surface area contributed by atoms with Crippen LogP contribution in [0.25, 0.3) is 0 Å². The van der Waals surface area contributed by atoms with Crippen LogP contribution in [0.5, 0.6) is 0 Å². The van der Waals surface area contributed by atoms with Crippen molar-refractivity contribution in [1.82, 2.24) is 0 Å². The number of carbonyl (C=O) groups excluding carboxylic acids is 1. The molecule has 0 radical (unpaired) electrons. The van der Waals surface area contributed by atoms with Crippen LogP contribution in [-0.2, 0) is 10.4 Å². The normalized spacial score (nSPS) is 7.45. The maximum Gasteiger partial charge on any atom is 0.309 e. The second-order valence-corrected chi connectivity index (χ2v) is 1.63. The van der Waals surface area contributed by atoms with Gasteiger partial charge in [0.05, 0.1) is 0 Å². The molecule has 10 heteroatoms. The zero-order chi connectivity index (χ0) is 8.08. The highest BCUT2D eigenvalue weighted by Gasteiger charge is 1.60. The Balaban J connectivity index is -0.0000000383. The predicted octanol–water partition coefficient (Wildman–Crippen LogP) is -2.73. The van der Waals surface area contributed by atoms with E-state index in [0.29, 0.717) is 0 Å². The zero-order valence-electron chi connectivity index (χ0n) is 6.10. The van der Waals surface area contributed by atoms with Crippen molar-refractivity contribution in [3.05, 3.63) is 0 Å². The summed E-state index contributed by atoms with van der Waals surface area (Å²) in [4.78, 5) is 9.00. The highest BCUT2D eigenvalue weighted by molar-refractivity contribution is 7.79. The lowest BCUT2D eigenvalue weighted by molar-refractivity contribution is 0.256. The van der Waals surface area contributed by atoms with Crippen molar-refractivity contribution in [3.8, 4) is 0 Å². The third kappa shape index (κ3) is 51899999999999999884720024053612544. The second kappa shape index (κ2) is 10.0. The van der Waals surface area contributed by atoms with E-state index in [4.69, 9.17) is 22.3 Å². The molecule has 0 saturated carbocycles. The van der Waals surface area contributed by atoms with Gasteiger partial charge in [-0.15, -0.1) is 0 Å². The minimum absolute atomic E-state index is 0. The van der Waals surface area contributed by atoms with E-state index >= 15 is 0 Å². The number of hydrogen-bond acceptors (Lipinski definition) is 5.